The Labute approximate surface area is 141 Å². The van der Waals surface area contributed by atoms with Gasteiger partial charge in [-0.3, -0.25) is 4.40 Å². The highest BCUT2D eigenvalue weighted by atomic mass is 16.5. The summed E-state index contributed by atoms with van der Waals surface area (Å²) in [4.78, 5) is 4.77. The first-order valence-electron chi connectivity index (χ1n) is 7.93. The minimum absolute atomic E-state index is 0.102. The molecule has 0 aliphatic heterocycles. The van der Waals surface area contributed by atoms with Crippen molar-refractivity contribution >= 4 is 11.5 Å². The van der Waals surface area contributed by atoms with Crippen molar-refractivity contribution < 1.29 is 9.84 Å². The molecule has 2 heterocycles. The zero-order chi connectivity index (χ0) is 17.5. The fraction of sp³-hybridized carbons (Fsp3) is 0.316. The summed E-state index contributed by atoms with van der Waals surface area (Å²) in [5.41, 5.74) is 3.53. The summed E-state index contributed by atoms with van der Waals surface area (Å²) in [6, 6.07) is 9.43. The van der Waals surface area contributed by atoms with Crippen LogP contribution < -0.4 is 10.1 Å². The van der Waals surface area contributed by atoms with Crippen LogP contribution >= 0.6 is 0 Å². The van der Waals surface area contributed by atoms with Crippen LogP contribution in [0.3, 0.4) is 0 Å². The molecule has 2 aromatic heterocycles. The molecule has 1 aromatic carbocycles. The van der Waals surface area contributed by atoms with E-state index in [0.29, 0.717) is 5.75 Å². The summed E-state index contributed by atoms with van der Waals surface area (Å²) < 4.78 is 7.17. The van der Waals surface area contributed by atoms with Gasteiger partial charge in [0.25, 0.3) is 0 Å². The van der Waals surface area contributed by atoms with Gasteiger partial charge in [-0.15, -0.1) is 0 Å². The topological polar surface area (TPSA) is 58.8 Å². The van der Waals surface area contributed by atoms with Crippen molar-refractivity contribution in [2.24, 2.45) is 0 Å². The van der Waals surface area contributed by atoms with Gasteiger partial charge in [-0.25, -0.2) is 4.98 Å². The minimum Gasteiger partial charge on any atom is -0.504 e. The quantitative estimate of drug-likeness (QED) is 0.756. The fourth-order valence-corrected chi connectivity index (χ4v) is 2.66. The van der Waals surface area contributed by atoms with Crippen LogP contribution in [0.5, 0.6) is 11.5 Å². The Morgan fingerprint density at radius 3 is 2.54 bits per heavy atom. The van der Waals surface area contributed by atoms with Crippen LogP contribution in [-0.4, -0.2) is 27.1 Å². The van der Waals surface area contributed by atoms with E-state index < -0.39 is 0 Å². The number of aromatic nitrogens is 2. The Bertz CT molecular complexity index is 891. The Kier molecular flexibility index (Phi) is 3.87. The van der Waals surface area contributed by atoms with Gasteiger partial charge in [0, 0.05) is 17.3 Å². The number of nitrogens with one attached hydrogen (secondary N) is 1. The van der Waals surface area contributed by atoms with E-state index in [-0.39, 0.29) is 11.3 Å². The number of nitrogens with zero attached hydrogens (tertiary/aromatic N) is 2. The molecule has 0 unspecified atom stereocenters. The highest BCUT2D eigenvalue weighted by Crippen LogP contribution is 2.35. The number of hydrogen-bond acceptors (Lipinski definition) is 4. The van der Waals surface area contributed by atoms with Crippen molar-refractivity contribution in [3.63, 3.8) is 0 Å². The van der Waals surface area contributed by atoms with Gasteiger partial charge < -0.3 is 15.2 Å². The number of fused-ring (bicyclic) bond motifs is 1. The number of methoxy groups -OCH3 is 1. The van der Waals surface area contributed by atoms with Crippen LogP contribution in [0.2, 0.25) is 0 Å². The molecule has 3 rings (SSSR count). The van der Waals surface area contributed by atoms with Gasteiger partial charge in [0.15, 0.2) is 11.5 Å². The highest BCUT2D eigenvalue weighted by Gasteiger charge is 2.20. The molecule has 0 atom stereocenters. The summed E-state index contributed by atoms with van der Waals surface area (Å²) in [7, 11) is 1.54. The van der Waals surface area contributed by atoms with Gasteiger partial charge in [-0.2, -0.15) is 0 Å². The molecule has 0 aliphatic rings. The molecule has 3 aromatic rings. The summed E-state index contributed by atoms with van der Waals surface area (Å²) in [6.45, 7) is 8.37. The van der Waals surface area contributed by atoms with Crippen molar-refractivity contribution in [1.82, 2.24) is 9.38 Å². The molecule has 5 nitrogen and oxygen atoms in total. The maximum atomic E-state index is 10.1. The molecule has 126 valence electrons. The predicted octanol–water partition coefficient (Wildman–Crippen LogP) is 4.23. The predicted molar refractivity (Wildman–Crippen MR) is 97.0 cm³/mol. The SMILES string of the molecule is COc1ccc(-c2nc3cc(C)ccn3c2NC(C)(C)C)cc1O. The van der Waals surface area contributed by atoms with E-state index in [1.54, 1.807) is 12.1 Å². The van der Waals surface area contributed by atoms with E-state index in [4.69, 9.17) is 9.72 Å². The Morgan fingerprint density at radius 1 is 1.17 bits per heavy atom. The van der Waals surface area contributed by atoms with Gasteiger partial charge in [-0.1, -0.05) is 0 Å². The number of benzene rings is 1. The molecule has 0 saturated carbocycles. The highest BCUT2D eigenvalue weighted by molar-refractivity contribution is 5.78. The lowest BCUT2D eigenvalue weighted by atomic mass is 10.1. The molecule has 0 fully saturated rings. The summed E-state index contributed by atoms with van der Waals surface area (Å²) in [5.74, 6) is 1.45. The van der Waals surface area contributed by atoms with Crippen molar-refractivity contribution in [2.75, 3.05) is 12.4 Å². The molecule has 0 aliphatic carbocycles. The van der Waals surface area contributed by atoms with E-state index in [2.05, 4.69) is 32.2 Å². The summed E-state index contributed by atoms with van der Waals surface area (Å²) in [5, 5.41) is 13.6. The number of imidazole rings is 1. The van der Waals surface area contributed by atoms with Crippen LogP contribution in [0.15, 0.2) is 36.5 Å². The Hall–Kier alpha value is -2.69. The zero-order valence-electron chi connectivity index (χ0n) is 14.7. The van der Waals surface area contributed by atoms with E-state index in [1.165, 1.54) is 7.11 Å². The number of aromatic hydroxyl groups is 1. The van der Waals surface area contributed by atoms with E-state index >= 15 is 0 Å². The number of phenols is 1. The number of aryl methyl sites for hydroxylation is 1. The lowest BCUT2D eigenvalue weighted by Gasteiger charge is -2.22. The third-order valence-corrected chi connectivity index (χ3v) is 3.73. The maximum absolute atomic E-state index is 10.1. The fourth-order valence-electron chi connectivity index (χ4n) is 2.66. The molecule has 5 heteroatoms. The van der Waals surface area contributed by atoms with Gasteiger partial charge in [0.1, 0.15) is 17.2 Å². The van der Waals surface area contributed by atoms with Crippen molar-refractivity contribution in [3.8, 4) is 22.8 Å². The van der Waals surface area contributed by atoms with E-state index in [1.807, 2.05) is 29.7 Å². The first-order chi connectivity index (χ1) is 11.3. The third-order valence-electron chi connectivity index (χ3n) is 3.73. The average molecular weight is 325 g/mol. The number of ether oxygens (including phenoxy) is 1. The molecular weight excluding hydrogens is 302 g/mol. The second-order valence-electron chi connectivity index (χ2n) is 7.00. The Morgan fingerprint density at radius 2 is 1.92 bits per heavy atom. The minimum atomic E-state index is -0.121. The Balaban J connectivity index is 2.22. The molecule has 0 spiro atoms. The van der Waals surface area contributed by atoms with Crippen LogP contribution in [0.1, 0.15) is 26.3 Å². The normalized spacial score (nSPS) is 11.7. The van der Waals surface area contributed by atoms with Crippen LogP contribution in [0, 0.1) is 6.92 Å². The molecule has 0 amide bonds. The molecule has 2 N–H and O–H groups in total. The summed E-state index contributed by atoms with van der Waals surface area (Å²) >= 11 is 0. The smallest absolute Gasteiger partial charge is 0.160 e. The second kappa shape index (κ2) is 5.74. The number of hydrogen-bond donors (Lipinski definition) is 2. The first kappa shape index (κ1) is 16.2. The zero-order valence-corrected chi connectivity index (χ0v) is 14.7. The summed E-state index contributed by atoms with van der Waals surface area (Å²) in [6.07, 6.45) is 2.01. The van der Waals surface area contributed by atoms with Crippen LogP contribution in [-0.2, 0) is 0 Å². The maximum Gasteiger partial charge on any atom is 0.160 e. The first-order valence-corrected chi connectivity index (χ1v) is 7.93. The standard InChI is InChI=1S/C19H23N3O2/c1-12-8-9-22-16(10-12)20-17(18(22)21-19(2,3)4)13-6-7-15(24-5)14(23)11-13/h6-11,21,23H,1-5H3. The van der Waals surface area contributed by atoms with Gasteiger partial charge in [-0.05, 0) is 63.6 Å². The monoisotopic (exact) mass is 325 g/mol. The molecular formula is C19H23N3O2. The van der Waals surface area contributed by atoms with Gasteiger partial charge in [0.2, 0.25) is 0 Å². The lowest BCUT2D eigenvalue weighted by molar-refractivity contribution is 0.373. The van der Waals surface area contributed by atoms with Crippen molar-refractivity contribution in [2.45, 2.75) is 33.2 Å². The molecule has 0 radical (unpaired) electrons. The van der Waals surface area contributed by atoms with Crippen LogP contribution in [0.25, 0.3) is 16.9 Å². The van der Waals surface area contributed by atoms with Gasteiger partial charge in [0.05, 0.1) is 7.11 Å². The number of phenolic OH excluding ortho intramolecular Hbond substituents is 1. The second-order valence-corrected chi connectivity index (χ2v) is 7.00. The third kappa shape index (κ3) is 3.02. The van der Waals surface area contributed by atoms with Crippen molar-refractivity contribution in [3.05, 3.63) is 42.1 Å². The number of pyridine rings is 1. The van der Waals surface area contributed by atoms with Gasteiger partial charge >= 0.3 is 0 Å². The lowest BCUT2D eigenvalue weighted by Crippen LogP contribution is -2.27. The van der Waals surface area contributed by atoms with E-state index in [0.717, 1.165) is 28.3 Å². The number of anilines is 1. The average Bonchev–Trinajstić information content (AvgIpc) is 2.83. The van der Waals surface area contributed by atoms with Crippen molar-refractivity contribution in [1.29, 1.82) is 0 Å². The molecule has 0 saturated heterocycles. The largest absolute Gasteiger partial charge is 0.504 e. The molecule has 0 bridgehead atoms. The number of rotatable bonds is 3. The molecule has 24 heavy (non-hydrogen) atoms. The van der Waals surface area contributed by atoms with Crippen LogP contribution in [0.4, 0.5) is 5.82 Å². The van der Waals surface area contributed by atoms with E-state index in [9.17, 15) is 5.11 Å².